The van der Waals surface area contributed by atoms with E-state index in [0.29, 0.717) is 10.8 Å². The van der Waals surface area contributed by atoms with Crippen LogP contribution in [-0.2, 0) is 16.1 Å². The lowest BCUT2D eigenvalue weighted by Crippen LogP contribution is -2.08. The highest BCUT2D eigenvalue weighted by Gasteiger charge is 2.45. The highest BCUT2D eigenvalue weighted by Crippen LogP contribution is 2.48. The summed E-state index contributed by atoms with van der Waals surface area (Å²) < 4.78 is 10.6. The summed E-state index contributed by atoms with van der Waals surface area (Å²) >= 11 is 5.98. The molecule has 2 aromatic rings. The van der Waals surface area contributed by atoms with Gasteiger partial charge in [0.15, 0.2) is 0 Å². The van der Waals surface area contributed by atoms with Gasteiger partial charge in [0.1, 0.15) is 12.4 Å². The molecular weight excluding hydrogens is 302 g/mol. The molecule has 114 valence electrons. The number of ether oxygens (including phenoxy) is 2. The number of carbonyl (C=O) groups is 1. The lowest BCUT2D eigenvalue weighted by Gasteiger charge is -2.08. The number of hydrogen-bond donors (Lipinski definition) is 0. The molecule has 1 saturated carbocycles. The molecular formula is C17H16ClNO3. The lowest BCUT2D eigenvalue weighted by atomic mass is 10.1. The molecule has 0 aliphatic heterocycles. The standard InChI is InChI=1S/C17H16ClNO3/c1-21-16-5-6-19-9-12(16)10-22-17(20)15-8-14(15)11-3-2-4-13(18)7-11/h2-7,9,14-15H,8,10H2,1H3/t14-,15+/m0/s1. The SMILES string of the molecule is COc1ccncc1COC(=O)[C@@H]1C[C@H]1c1cccc(Cl)c1. The Labute approximate surface area is 134 Å². The van der Waals surface area contributed by atoms with E-state index >= 15 is 0 Å². The summed E-state index contributed by atoms with van der Waals surface area (Å²) in [6.07, 6.45) is 4.09. The predicted octanol–water partition coefficient (Wildman–Crippen LogP) is 3.59. The zero-order valence-electron chi connectivity index (χ0n) is 12.2. The smallest absolute Gasteiger partial charge is 0.309 e. The highest BCUT2D eigenvalue weighted by molar-refractivity contribution is 6.30. The topological polar surface area (TPSA) is 48.4 Å². The van der Waals surface area contributed by atoms with Crippen LogP contribution in [0.4, 0.5) is 0 Å². The van der Waals surface area contributed by atoms with Gasteiger partial charge in [-0.05, 0) is 36.1 Å². The van der Waals surface area contributed by atoms with E-state index < -0.39 is 0 Å². The molecule has 1 aliphatic carbocycles. The maximum Gasteiger partial charge on any atom is 0.309 e. The molecule has 5 heteroatoms. The first kappa shape index (κ1) is 14.9. The fraction of sp³-hybridized carbons (Fsp3) is 0.294. The third kappa shape index (κ3) is 3.22. The fourth-order valence-corrected chi connectivity index (χ4v) is 2.74. The number of nitrogens with zero attached hydrogens (tertiary/aromatic N) is 1. The molecule has 22 heavy (non-hydrogen) atoms. The van der Waals surface area contributed by atoms with Gasteiger partial charge in [-0.15, -0.1) is 0 Å². The Morgan fingerprint density at radius 2 is 2.27 bits per heavy atom. The van der Waals surface area contributed by atoms with Crippen molar-refractivity contribution in [3.05, 3.63) is 58.9 Å². The summed E-state index contributed by atoms with van der Waals surface area (Å²) in [5.74, 6) is 0.615. The molecule has 1 aliphatic rings. The molecule has 0 saturated heterocycles. The van der Waals surface area contributed by atoms with Crippen molar-refractivity contribution in [2.24, 2.45) is 5.92 Å². The van der Waals surface area contributed by atoms with Crippen molar-refractivity contribution in [3.8, 4) is 5.75 Å². The van der Waals surface area contributed by atoms with Crippen LogP contribution in [0.3, 0.4) is 0 Å². The van der Waals surface area contributed by atoms with Crippen LogP contribution in [0.1, 0.15) is 23.5 Å². The molecule has 0 N–H and O–H groups in total. The van der Waals surface area contributed by atoms with Crippen molar-refractivity contribution in [1.82, 2.24) is 4.98 Å². The van der Waals surface area contributed by atoms with Crippen molar-refractivity contribution in [2.45, 2.75) is 18.9 Å². The molecule has 1 heterocycles. The fourth-order valence-electron chi connectivity index (χ4n) is 2.54. The normalized spacial score (nSPS) is 19.5. The number of hydrogen-bond acceptors (Lipinski definition) is 4. The van der Waals surface area contributed by atoms with Gasteiger partial charge < -0.3 is 9.47 Å². The number of aromatic nitrogens is 1. The van der Waals surface area contributed by atoms with Crippen LogP contribution in [-0.4, -0.2) is 18.1 Å². The van der Waals surface area contributed by atoms with Gasteiger partial charge in [-0.2, -0.15) is 0 Å². The third-order valence-corrected chi connectivity index (χ3v) is 4.05. The lowest BCUT2D eigenvalue weighted by molar-refractivity contribution is -0.146. The molecule has 0 spiro atoms. The second-order valence-electron chi connectivity index (χ2n) is 5.30. The number of pyridine rings is 1. The highest BCUT2D eigenvalue weighted by atomic mass is 35.5. The van der Waals surface area contributed by atoms with Crippen LogP contribution in [0, 0.1) is 5.92 Å². The van der Waals surface area contributed by atoms with Crippen LogP contribution in [0.5, 0.6) is 5.75 Å². The third-order valence-electron chi connectivity index (χ3n) is 3.82. The number of halogens is 1. The van der Waals surface area contributed by atoms with Crippen LogP contribution in [0.25, 0.3) is 0 Å². The monoisotopic (exact) mass is 317 g/mol. The first-order chi connectivity index (χ1) is 10.7. The molecule has 2 atom stereocenters. The van der Waals surface area contributed by atoms with E-state index in [2.05, 4.69) is 4.98 Å². The van der Waals surface area contributed by atoms with E-state index in [0.717, 1.165) is 17.5 Å². The van der Waals surface area contributed by atoms with Crippen molar-refractivity contribution < 1.29 is 14.3 Å². The van der Waals surface area contributed by atoms with Crippen LogP contribution >= 0.6 is 11.6 Å². The first-order valence-electron chi connectivity index (χ1n) is 7.08. The predicted molar refractivity (Wildman–Crippen MR) is 82.9 cm³/mol. The van der Waals surface area contributed by atoms with Gasteiger partial charge in [-0.25, -0.2) is 0 Å². The molecule has 0 bridgehead atoms. The minimum atomic E-state index is -0.184. The summed E-state index contributed by atoms with van der Waals surface area (Å²) in [6, 6.07) is 9.38. The van der Waals surface area contributed by atoms with E-state index in [4.69, 9.17) is 21.1 Å². The van der Waals surface area contributed by atoms with E-state index in [1.165, 1.54) is 0 Å². The summed E-state index contributed by atoms with van der Waals surface area (Å²) in [5, 5.41) is 0.691. The number of methoxy groups -OCH3 is 1. The van der Waals surface area contributed by atoms with Crippen molar-refractivity contribution in [2.75, 3.05) is 7.11 Å². The van der Waals surface area contributed by atoms with E-state index in [1.807, 2.05) is 24.3 Å². The van der Waals surface area contributed by atoms with Crippen molar-refractivity contribution in [3.63, 3.8) is 0 Å². The Morgan fingerprint density at radius 3 is 3.05 bits per heavy atom. The first-order valence-corrected chi connectivity index (χ1v) is 7.46. The summed E-state index contributed by atoms with van der Waals surface area (Å²) in [5.41, 5.74) is 1.85. The van der Waals surface area contributed by atoms with Gasteiger partial charge in [0.2, 0.25) is 0 Å². The van der Waals surface area contributed by atoms with Gasteiger partial charge in [-0.1, -0.05) is 23.7 Å². The maximum absolute atomic E-state index is 12.1. The molecule has 1 fully saturated rings. The van der Waals surface area contributed by atoms with Crippen molar-refractivity contribution >= 4 is 17.6 Å². The van der Waals surface area contributed by atoms with E-state index in [1.54, 1.807) is 25.6 Å². The summed E-state index contributed by atoms with van der Waals surface area (Å²) in [4.78, 5) is 16.1. The molecule has 0 radical (unpaired) electrons. The van der Waals surface area contributed by atoms with E-state index in [9.17, 15) is 4.79 Å². The van der Waals surface area contributed by atoms with E-state index in [-0.39, 0.29) is 24.4 Å². The molecule has 3 rings (SSSR count). The largest absolute Gasteiger partial charge is 0.496 e. The molecule has 1 aromatic heterocycles. The molecule has 0 unspecified atom stereocenters. The summed E-state index contributed by atoms with van der Waals surface area (Å²) in [7, 11) is 1.58. The van der Waals surface area contributed by atoms with Crippen LogP contribution in [0.15, 0.2) is 42.7 Å². The molecule has 4 nitrogen and oxygen atoms in total. The Hall–Kier alpha value is -2.07. The van der Waals surface area contributed by atoms with Crippen LogP contribution < -0.4 is 4.74 Å². The second kappa shape index (κ2) is 6.36. The summed E-state index contributed by atoms with van der Waals surface area (Å²) in [6.45, 7) is 0.175. The Bertz CT molecular complexity index is 689. The Kier molecular flexibility index (Phi) is 4.29. The number of esters is 1. The second-order valence-corrected chi connectivity index (χ2v) is 5.74. The minimum Gasteiger partial charge on any atom is -0.496 e. The molecule has 0 amide bonds. The Balaban J connectivity index is 1.58. The minimum absolute atomic E-state index is 0.0823. The van der Waals surface area contributed by atoms with Gasteiger partial charge >= 0.3 is 5.97 Å². The number of carbonyl (C=O) groups excluding carboxylic acids is 1. The quantitative estimate of drug-likeness (QED) is 0.791. The van der Waals surface area contributed by atoms with Crippen LogP contribution in [0.2, 0.25) is 5.02 Å². The zero-order valence-corrected chi connectivity index (χ0v) is 12.9. The average molecular weight is 318 g/mol. The number of benzene rings is 1. The maximum atomic E-state index is 12.1. The Morgan fingerprint density at radius 1 is 1.41 bits per heavy atom. The number of rotatable bonds is 5. The van der Waals surface area contributed by atoms with Gasteiger partial charge in [-0.3, -0.25) is 9.78 Å². The van der Waals surface area contributed by atoms with Gasteiger partial charge in [0, 0.05) is 23.0 Å². The molecule has 1 aromatic carbocycles. The van der Waals surface area contributed by atoms with Crippen molar-refractivity contribution in [1.29, 1.82) is 0 Å². The van der Waals surface area contributed by atoms with Gasteiger partial charge in [0.05, 0.1) is 13.0 Å². The average Bonchev–Trinajstić information content (AvgIpc) is 3.33. The zero-order chi connectivity index (χ0) is 15.5. The van der Waals surface area contributed by atoms with Gasteiger partial charge in [0.25, 0.3) is 0 Å².